The van der Waals surface area contributed by atoms with Gasteiger partial charge in [0.2, 0.25) is 0 Å². The van der Waals surface area contributed by atoms with Gasteiger partial charge in [0.05, 0.1) is 29.9 Å². The lowest BCUT2D eigenvalue weighted by atomic mass is 10.0. The molecular formula is C24H18FN7O. The molecule has 2 N–H and O–H groups in total. The van der Waals surface area contributed by atoms with Crippen LogP contribution in [0.15, 0.2) is 65.9 Å². The number of fused-ring (bicyclic) bond motifs is 2. The molecule has 9 heteroatoms. The molecule has 0 saturated carbocycles. The van der Waals surface area contributed by atoms with E-state index in [9.17, 15) is 0 Å². The van der Waals surface area contributed by atoms with Crippen molar-refractivity contribution < 1.29 is 8.81 Å². The predicted molar refractivity (Wildman–Crippen MR) is 124 cm³/mol. The molecule has 0 saturated heterocycles. The number of nitrogens with zero attached hydrogens (tertiary/aromatic N) is 5. The zero-order chi connectivity index (χ0) is 22.5. The van der Waals surface area contributed by atoms with Crippen LogP contribution in [0.1, 0.15) is 0 Å². The highest BCUT2D eigenvalue weighted by Crippen LogP contribution is 2.34. The first kappa shape index (κ1) is 19.2. The number of pyridine rings is 2. The van der Waals surface area contributed by atoms with Gasteiger partial charge < -0.3 is 14.3 Å². The number of anilines is 1. The Bertz CT molecular complexity index is 1620. The van der Waals surface area contributed by atoms with E-state index >= 15 is 4.39 Å². The molecule has 0 aliphatic carbocycles. The molecule has 0 radical (unpaired) electrons. The first-order chi connectivity index (χ1) is 16.1. The Morgan fingerprint density at radius 1 is 1.00 bits per heavy atom. The Morgan fingerprint density at radius 3 is 2.73 bits per heavy atom. The Hall–Kier alpha value is -4.53. The summed E-state index contributed by atoms with van der Waals surface area (Å²) in [6.45, 7) is 0. The van der Waals surface area contributed by atoms with E-state index in [-0.39, 0.29) is 0 Å². The van der Waals surface area contributed by atoms with Crippen molar-refractivity contribution in [2.45, 2.75) is 0 Å². The van der Waals surface area contributed by atoms with E-state index in [2.05, 4.69) is 25.1 Å². The smallest absolute Gasteiger partial charge is 0.159 e. The second-order valence-corrected chi connectivity index (χ2v) is 7.93. The van der Waals surface area contributed by atoms with Gasteiger partial charge in [0.1, 0.15) is 28.2 Å². The molecule has 6 aromatic rings. The summed E-state index contributed by atoms with van der Waals surface area (Å²) in [5.41, 5.74) is 6.29. The number of benzene rings is 1. The molecule has 0 atom stereocenters. The van der Waals surface area contributed by atoms with Crippen LogP contribution in [0.5, 0.6) is 0 Å². The van der Waals surface area contributed by atoms with Crippen LogP contribution in [-0.2, 0) is 0 Å². The summed E-state index contributed by atoms with van der Waals surface area (Å²) in [6, 6.07) is 9.03. The largest absolute Gasteiger partial charge is 0.472 e. The van der Waals surface area contributed by atoms with Gasteiger partial charge in [0, 0.05) is 43.0 Å². The number of rotatable bonds is 4. The summed E-state index contributed by atoms with van der Waals surface area (Å²) >= 11 is 0. The van der Waals surface area contributed by atoms with Crippen LogP contribution in [0.3, 0.4) is 0 Å². The van der Waals surface area contributed by atoms with Crippen molar-refractivity contribution in [2.75, 3.05) is 19.0 Å². The van der Waals surface area contributed by atoms with Gasteiger partial charge in [0.25, 0.3) is 0 Å². The summed E-state index contributed by atoms with van der Waals surface area (Å²) in [5, 5.41) is 7.81. The number of nitrogens with one attached hydrogen (secondary N) is 2. The van der Waals surface area contributed by atoms with Crippen molar-refractivity contribution in [1.29, 1.82) is 0 Å². The highest BCUT2D eigenvalue weighted by molar-refractivity contribution is 5.97. The molecule has 5 heterocycles. The Morgan fingerprint density at radius 2 is 1.91 bits per heavy atom. The zero-order valence-corrected chi connectivity index (χ0v) is 17.8. The minimum absolute atomic E-state index is 0.319. The van der Waals surface area contributed by atoms with Crippen molar-refractivity contribution in [3.8, 4) is 33.9 Å². The molecule has 0 fully saturated rings. The van der Waals surface area contributed by atoms with Gasteiger partial charge >= 0.3 is 0 Å². The number of imidazole rings is 1. The van der Waals surface area contributed by atoms with Crippen LogP contribution in [0.4, 0.5) is 10.1 Å². The molecule has 0 aliphatic heterocycles. The lowest BCUT2D eigenvalue weighted by Gasteiger charge is -2.13. The van der Waals surface area contributed by atoms with Crippen LogP contribution in [-0.4, -0.2) is 44.2 Å². The molecule has 5 aromatic heterocycles. The normalized spacial score (nSPS) is 11.5. The van der Waals surface area contributed by atoms with Gasteiger partial charge in [-0.2, -0.15) is 5.10 Å². The zero-order valence-electron chi connectivity index (χ0n) is 17.8. The van der Waals surface area contributed by atoms with Crippen LogP contribution >= 0.6 is 0 Å². The molecule has 0 bridgehead atoms. The fraction of sp³-hybridized carbons (Fsp3) is 0.0833. The lowest BCUT2D eigenvalue weighted by Crippen LogP contribution is -2.08. The van der Waals surface area contributed by atoms with Crippen molar-refractivity contribution >= 4 is 27.6 Å². The Labute approximate surface area is 187 Å². The minimum Gasteiger partial charge on any atom is -0.472 e. The number of H-pyrrole nitrogens is 2. The SMILES string of the molecule is CN(C)c1cncc(-c2cc(F)c3[nH]nc(-c4nc5c(-c6ccoc6)nccc5[nH]4)c3c2)c1. The molecule has 162 valence electrons. The van der Waals surface area contributed by atoms with E-state index in [4.69, 9.17) is 9.40 Å². The number of furan rings is 1. The minimum atomic E-state index is -0.395. The topological polar surface area (TPSA) is 99.5 Å². The van der Waals surface area contributed by atoms with Crippen LogP contribution in [0.2, 0.25) is 0 Å². The van der Waals surface area contributed by atoms with Gasteiger partial charge in [-0.25, -0.2) is 9.37 Å². The summed E-state index contributed by atoms with van der Waals surface area (Å²) in [5.74, 6) is 0.124. The van der Waals surface area contributed by atoms with Crippen molar-refractivity contribution in [3.63, 3.8) is 0 Å². The monoisotopic (exact) mass is 439 g/mol. The van der Waals surface area contributed by atoms with E-state index in [0.29, 0.717) is 39.2 Å². The first-order valence-corrected chi connectivity index (χ1v) is 10.3. The summed E-state index contributed by atoms with van der Waals surface area (Å²) in [6.07, 6.45) is 8.41. The highest BCUT2D eigenvalue weighted by Gasteiger charge is 2.19. The van der Waals surface area contributed by atoms with E-state index in [1.165, 1.54) is 6.07 Å². The molecule has 0 amide bonds. The molecule has 1 aromatic carbocycles. The molecule has 0 spiro atoms. The number of hydrogen-bond acceptors (Lipinski definition) is 6. The van der Waals surface area contributed by atoms with Gasteiger partial charge in [-0.3, -0.25) is 15.1 Å². The fourth-order valence-corrected chi connectivity index (χ4v) is 3.91. The van der Waals surface area contributed by atoms with E-state index < -0.39 is 5.82 Å². The van der Waals surface area contributed by atoms with Crippen molar-refractivity contribution in [2.24, 2.45) is 0 Å². The molecular weight excluding hydrogens is 421 g/mol. The van der Waals surface area contributed by atoms with Crippen LogP contribution in [0, 0.1) is 5.82 Å². The third-order valence-electron chi connectivity index (χ3n) is 5.62. The van der Waals surface area contributed by atoms with Crippen LogP contribution in [0.25, 0.3) is 55.8 Å². The maximum absolute atomic E-state index is 15.0. The van der Waals surface area contributed by atoms with E-state index in [0.717, 1.165) is 22.3 Å². The molecule has 0 unspecified atom stereocenters. The molecule has 0 aliphatic rings. The average Bonchev–Trinajstić information content (AvgIpc) is 3.57. The molecule has 8 nitrogen and oxygen atoms in total. The number of aromatic amines is 2. The van der Waals surface area contributed by atoms with Gasteiger partial charge in [0.15, 0.2) is 5.82 Å². The number of aromatic nitrogens is 6. The summed E-state index contributed by atoms with van der Waals surface area (Å²) in [7, 11) is 3.87. The number of hydrogen-bond donors (Lipinski definition) is 2. The third kappa shape index (κ3) is 3.13. The first-order valence-electron chi connectivity index (χ1n) is 10.3. The standard InChI is InChI=1S/C24H18FN7O/c1-32(2)16-7-15(10-26-11-16)14-8-17-21(18(25)9-14)30-31-22(17)24-28-19-3-5-27-20(23(19)29-24)13-4-6-33-12-13/h3-12H,1-2H3,(H,28,29)(H,30,31). The van der Waals surface area contributed by atoms with Crippen molar-refractivity contribution in [3.05, 3.63) is 67.3 Å². The lowest BCUT2D eigenvalue weighted by molar-refractivity contribution is 0.568. The average molecular weight is 439 g/mol. The van der Waals surface area contributed by atoms with E-state index in [1.807, 2.05) is 43.3 Å². The maximum Gasteiger partial charge on any atom is 0.159 e. The van der Waals surface area contributed by atoms with Crippen LogP contribution < -0.4 is 4.90 Å². The Kier molecular flexibility index (Phi) is 4.22. The summed E-state index contributed by atoms with van der Waals surface area (Å²) in [4.78, 5) is 18.7. The second-order valence-electron chi connectivity index (χ2n) is 7.93. The van der Waals surface area contributed by atoms with Crippen molar-refractivity contribution in [1.82, 2.24) is 30.1 Å². The Balaban J connectivity index is 1.52. The van der Waals surface area contributed by atoms with Gasteiger partial charge in [-0.15, -0.1) is 0 Å². The molecule has 33 heavy (non-hydrogen) atoms. The van der Waals surface area contributed by atoms with Gasteiger partial charge in [-0.05, 0) is 35.9 Å². The highest BCUT2D eigenvalue weighted by atomic mass is 19.1. The van der Waals surface area contributed by atoms with Gasteiger partial charge in [-0.1, -0.05) is 0 Å². The number of halogens is 1. The quantitative estimate of drug-likeness (QED) is 0.400. The third-order valence-corrected chi connectivity index (χ3v) is 5.62. The maximum atomic E-state index is 15.0. The second kappa shape index (κ2) is 7.27. The fourth-order valence-electron chi connectivity index (χ4n) is 3.91. The van der Waals surface area contributed by atoms with E-state index in [1.54, 1.807) is 31.1 Å². The molecule has 6 rings (SSSR count). The predicted octanol–water partition coefficient (Wildman–Crippen LogP) is 5.03. The summed E-state index contributed by atoms with van der Waals surface area (Å²) < 4.78 is 20.2.